The molecule has 3 heteroatoms. The maximum Gasteiger partial charge on any atom is 0.0582 e. The van der Waals surface area contributed by atoms with E-state index < -0.39 is 0 Å². The van der Waals surface area contributed by atoms with Gasteiger partial charge in [0.1, 0.15) is 0 Å². The van der Waals surface area contributed by atoms with Crippen molar-refractivity contribution in [3.8, 4) is 0 Å². The number of rotatable bonds is 4. The van der Waals surface area contributed by atoms with E-state index in [-0.39, 0.29) is 12.6 Å². The Balaban J connectivity index is 3.28. The standard InChI is InChI=1S/C8H19NOS/c1-8(2,3)11-5-4-7(9)6-10/h7,10H,4-6,9H2,1-3H3. The number of aliphatic hydroxyl groups excluding tert-OH is 1. The molecule has 1 atom stereocenters. The first-order valence-electron chi connectivity index (χ1n) is 3.96. The van der Waals surface area contributed by atoms with Gasteiger partial charge in [0.15, 0.2) is 0 Å². The van der Waals surface area contributed by atoms with Crippen LogP contribution in [-0.2, 0) is 0 Å². The summed E-state index contributed by atoms with van der Waals surface area (Å²) in [6.45, 7) is 6.65. The van der Waals surface area contributed by atoms with Crippen LogP contribution in [0.3, 0.4) is 0 Å². The van der Waals surface area contributed by atoms with Crippen molar-refractivity contribution in [2.45, 2.75) is 38.0 Å². The highest BCUT2D eigenvalue weighted by Crippen LogP contribution is 2.23. The zero-order chi connectivity index (χ0) is 8.91. The molecule has 3 N–H and O–H groups in total. The highest BCUT2D eigenvalue weighted by atomic mass is 32.2. The van der Waals surface area contributed by atoms with E-state index in [1.165, 1.54) is 0 Å². The van der Waals surface area contributed by atoms with E-state index in [0.29, 0.717) is 4.75 Å². The second-order valence-corrected chi connectivity index (χ2v) is 5.61. The number of hydrogen-bond donors (Lipinski definition) is 2. The van der Waals surface area contributed by atoms with Crippen LogP contribution in [0, 0.1) is 0 Å². The average Bonchev–Trinajstić information content (AvgIpc) is 1.85. The van der Waals surface area contributed by atoms with E-state index in [0.717, 1.165) is 12.2 Å². The Kier molecular flexibility index (Phi) is 5.13. The van der Waals surface area contributed by atoms with Crippen molar-refractivity contribution in [3.63, 3.8) is 0 Å². The minimum Gasteiger partial charge on any atom is -0.395 e. The predicted molar refractivity (Wildman–Crippen MR) is 51.9 cm³/mol. The summed E-state index contributed by atoms with van der Waals surface area (Å²) in [5.74, 6) is 1.03. The fraction of sp³-hybridized carbons (Fsp3) is 1.00. The van der Waals surface area contributed by atoms with Crippen LogP contribution in [0.15, 0.2) is 0 Å². The van der Waals surface area contributed by atoms with Crippen LogP contribution in [0.5, 0.6) is 0 Å². The van der Waals surface area contributed by atoms with Crippen LogP contribution < -0.4 is 5.73 Å². The third-order valence-corrected chi connectivity index (χ3v) is 2.56. The van der Waals surface area contributed by atoms with E-state index in [1.54, 1.807) is 0 Å². The van der Waals surface area contributed by atoms with Crippen LogP contribution in [0.25, 0.3) is 0 Å². The van der Waals surface area contributed by atoms with Gasteiger partial charge >= 0.3 is 0 Å². The molecule has 11 heavy (non-hydrogen) atoms. The maximum atomic E-state index is 8.63. The first-order chi connectivity index (χ1) is 4.95. The zero-order valence-electron chi connectivity index (χ0n) is 7.63. The zero-order valence-corrected chi connectivity index (χ0v) is 8.45. The van der Waals surface area contributed by atoms with Crippen LogP contribution in [-0.4, -0.2) is 28.3 Å². The smallest absolute Gasteiger partial charge is 0.0582 e. The molecular formula is C8H19NOS. The summed E-state index contributed by atoms with van der Waals surface area (Å²) in [6.07, 6.45) is 0.901. The molecule has 0 aromatic heterocycles. The van der Waals surface area contributed by atoms with Crippen LogP contribution in [0.2, 0.25) is 0 Å². The van der Waals surface area contributed by atoms with Gasteiger partial charge in [-0.15, -0.1) is 0 Å². The first-order valence-corrected chi connectivity index (χ1v) is 4.94. The molecule has 0 heterocycles. The lowest BCUT2D eigenvalue weighted by atomic mass is 10.2. The molecule has 1 unspecified atom stereocenters. The molecule has 68 valence electrons. The lowest BCUT2D eigenvalue weighted by Gasteiger charge is -2.18. The van der Waals surface area contributed by atoms with Gasteiger partial charge in [-0.05, 0) is 12.2 Å². The van der Waals surface area contributed by atoms with Crippen molar-refractivity contribution in [1.29, 1.82) is 0 Å². The molecular weight excluding hydrogens is 158 g/mol. The maximum absolute atomic E-state index is 8.63. The van der Waals surface area contributed by atoms with Crippen molar-refractivity contribution < 1.29 is 5.11 Å². The van der Waals surface area contributed by atoms with Gasteiger partial charge in [-0.1, -0.05) is 20.8 Å². The third-order valence-electron chi connectivity index (χ3n) is 1.26. The fourth-order valence-corrected chi connectivity index (χ4v) is 1.64. The van der Waals surface area contributed by atoms with E-state index >= 15 is 0 Å². The van der Waals surface area contributed by atoms with Crippen LogP contribution in [0.1, 0.15) is 27.2 Å². The molecule has 0 saturated carbocycles. The van der Waals surface area contributed by atoms with Crippen LogP contribution in [0.4, 0.5) is 0 Å². The van der Waals surface area contributed by atoms with Crippen molar-refractivity contribution in [2.24, 2.45) is 5.73 Å². The topological polar surface area (TPSA) is 46.2 Å². The number of nitrogens with two attached hydrogens (primary N) is 1. The summed E-state index contributed by atoms with van der Waals surface area (Å²) in [4.78, 5) is 0. The SMILES string of the molecule is CC(C)(C)SCCC(N)CO. The second kappa shape index (κ2) is 5.01. The lowest BCUT2D eigenvalue weighted by Crippen LogP contribution is -2.25. The van der Waals surface area contributed by atoms with Gasteiger partial charge in [-0.3, -0.25) is 0 Å². The highest BCUT2D eigenvalue weighted by Gasteiger charge is 2.10. The van der Waals surface area contributed by atoms with E-state index in [1.807, 2.05) is 11.8 Å². The summed E-state index contributed by atoms with van der Waals surface area (Å²) in [5.41, 5.74) is 5.54. The summed E-state index contributed by atoms with van der Waals surface area (Å²) >= 11 is 1.89. The monoisotopic (exact) mass is 177 g/mol. The molecule has 0 fully saturated rings. The first kappa shape index (κ1) is 11.3. The Bertz CT molecular complexity index is 101. The lowest BCUT2D eigenvalue weighted by molar-refractivity contribution is 0.263. The average molecular weight is 177 g/mol. The van der Waals surface area contributed by atoms with Crippen molar-refractivity contribution in [3.05, 3.63) is 0 Å². The van der Waals surface area contributed by atoms with E-state index in [4.69, 9.17) is 10.8 Å². The normalized spacial score (nSPS) is 15.0. The summed E-state index contributed by atoms with van der Waals surface area (Å²) < 4.78 is 0.315. The molecule has 0 spiro atoms. The quantitative estimate of drug-likeness (QED) is 0.679. The third kappa shape index (κ3) is 8.17. The van der Waals surface area contributed by atoms with E-state index in [2.05, 4.69) is 20.8 Å². The Morgan fingerprint density at radius 1 is 1.45 bits per heavy atom. The predicted octanol–water partition coefficient (Wildman–Crippen LogP) is 1.23. The fourth-order valence-electron chi connectivity index (χ4n) is 0.608. The number of aliphatic hydroxyl groups is 1. The Labute approximate surface area is 73.6 Å². The summed E-state index contributed by atoms with van der Waals surface area (Å²) in [7, 11) is 0. The Morgan fingerprint density at radius 2 is 2.00 bits per heavy atom. The van der Waals surface area contributed by atoms with Gasteiger partial charge in [0, 0.05) is 10.8 Å². The van der Waals surface area contributed by atoms with Crippen molar-refractivity contribution in [1.82, 2.24) is 0 Å². The van der Waals surface area contributed by atoms with Gasteiger partial charge < -0.3 is 10.8 Å². The molecule has 0 aromatic rings. The molecule has 0 saturated heterocycles. The summed E-state index contributed by atoms with van der Waals surface area (Å²) in [6, 6.07) is -0.0372. The molecule has 0 bridgehead atoms. The Morgan fingerprint density at radius 3 is 2.36 bits per heavy atom. The van der Waals surface area contributed by atoms with Gasteiger partial charge in [-0.25, -0.2) is 0 Å². The van der Waals surface area contributed by atoms with Crippen molar-refractivity contribution in [2.75, 3.05) is 12.4 Å². The van der Waals surface area contributed by atoms with Gasteiger partial charge in [0.2, 0.25) is 0 Å². The molecule has 0 aliphatic carbocycles. The number of hydrogen-bond acceptors (Lipinski definition) is 3. The number of thioether (sulfide) groups is 1. The molecule has 0 aromatic carbocycles. The van der Waals surface area contributed by atoms with Crippen molar-refractivity contribution >= 4 is 11.8 Å². The molecule has 0 aliphatic heterocycles. The molecule has 0 radical (unpaired) electrons. The van der Waals surface area contributed by atoms with Gasteiger partial charge in [-0.2, -0.15) is 11.8 Å². The van der Waals surface area contributed by atoms with Gasteiger partial charge in [0.05, 0.1) is 6.61 Å². The highest BCUT2D eigenvalue weighted by molar-refractivity contribution is 8.00. The Hall–Kier alpha value is 0.270. The van der Waals surface area contributed by atoms with Crippen LogP contribution >= 0.6 is 11.8 Å². The molecule has 0 rings (SSSR count). The molecule has 2 nitrogen and oxygen atoms in total. The molecule has 0 aliphatic rings. The van der Waals surface area contributed by atoms with E-state index in [9.17, 15) is 0 Å². The summed E-state index contributed by atoms with van der Waals surface area (Å²) in [5, 5.41) is 8.63. The molecule has 0 amide bonds. The largest absolute Gasteiger partial charge is 0.395 e. The minimum absolute atomic E-state index is 0.0372. The minimum atomic E-state index is -0.0372. The second-order valence-electron chi connectivity index (χ2n) is 3.69. The van der Waals surface area contributed by atoms with Gasteiger partial charge in [0.25, 0.3) is 0 Å².